The maximum absolute atomic E-state index is 12.4. The van der Waals surface area contributed by atoms with Crippen LogP contribution in [0.1, 0.15) is 40.5 Å². The topological polar surface area (TPSA) is 38.8 Å². The van der Waals surface area contributed by atoms with Crippen molar-refractivity contribution in [3.8, 4) is 0 Å². The van der Waals surface area contributed by atoms with Gasteiger partial charge in [0, 0.05) is 12.2 Å². The highest BCUT2D eigenvalue weighted by Gasteiger charge is 2.30. The van der Waals surface area contributed by atoms with E-state index in [-0.39, 0.29) is 6.09 Å². The van der Waals surface area contributed by atoms with Gasteiger partial charge < -0.3 is 9.47 Å². The number of hydrogen-bond acceptors (Lipinski definition) is 3. The Morgan fingerprint density at radius 3 is 2.75 bits per heavy atom. The van der Waals surface area contributed by atoms with E-state index in [4.69, 9.17) is 9.47 Å². The molecule has 4 heteroatoms. The molecule has 0 saturated carbocycles. The van der Waals surface area contributed by atoms with Crippen LogP contribution in [0.2, 0.25) is 0 Å². The summed E-state index contributed by atoms with van der Waals surface area (Å²) in [4.78, 5) is 14.2. The average molecular weight is 279 g/mol. The summed E-state index contributed by atoms with van der Waals surface area (Å²) < 4.78 is 11.0. The van der Waals surface area contributed by atoms with Crippen LogP contribution < -0.4 is 0 Å². The van der Waals surface area contributed by atoms with Gasteiger partial charge in [0.05, 0.1) is 13.2 Å². The van der Waals surface area contributed by atoms with E-state index < -0.39 is 5.60 Å². The Kier molecular flexibility index (Phi) is 4.53. The molecule has 112 valence electrons. The molecule has 0 unspecified atom stereocenters. The predicted octanol–water partition coefficient (Wildman–Crippen LogP) is 3.49. The molecule has 0 aliphatic carbocycles. The summed E-state index contributed by atoms with van der Waals surface area (Å²) in [5.74, 6) is 0.455. The Morgan fingerprint density at radius 1 is 1.40 bits per heavy atom. The van der Waals surface area contributed by atoms with Gasteiger partial charge >= 0.3 is 6.09 Å². The number of amides is 1. The number of ether oxygens (including phenoxy) is 2. The normalized spacial score (nSPS) is 24.0. The molecule has 1 atom stereocenters. The largest absolute Gasteiger partial charge is 0.443 e. The fourth-order valence-electron chi connectivity index (χ4n) is 2.44. The molecule has 2 heterocycles. The van der Waals surface area contributed by atoms with E-state index >= 15 is 0 Å². The van der Waals surface area contributed by atoms with Crippen molar-refractivity contribution in [1.29, 1.82) is 0 Å². The molecule has 2 rings (SSSR count). The fourth-order valence-corrected chi connectivity index (χ4v) is 2.44. The van der Waals surface area contributed by atoms with Crippen LogP contribution >= 0.6 is 0 Å². The van der Waals surface area contributed by atoms with E-state index in [9.17, 15) is 4.79 Å². The summed E-state index contributed by atoms with van der Waals surface area (Å²) in [6, 6.07) is 0. The number of nitrogens with zero attached hydrogens (tertiary/aromatic N) is 1. The molecule has 0 aromatic rings. The van der Waals surface area contributed by atoms with Crippen LogP contribution in [0.4, 0.5) is 4.79 Å². The number of allylic oxidation sites excluding steroid dienone is 1. The van der Waals surface area contributed by atoms with Crippen molar-refractivity contribution in [2.75, 3.05) is 19.8 Å². The zero-order chi connectivity index (χ0) is 14.8. The zero-order valence-electron chi connectivity index (χ0n) is 12.9. The molecule has 2 aliphatic heterocycles. The predicted molar refractivity (Wildman–Crippen MR) is 78.3 cm³/mol. The molecule has 20 heavy (non-hydrogen) atoms. The summed E-state index contributed by atoms with van der Waals surface area (Å²) in [5.41, 5.74) is 1.60. The highest BCUT2D eigenvalue weighted by atomic mass is 16.6. The first-order valence-electron chi connectivity index (χ1n) is 7.34. The van der Waals surface area contributed by atoms with Gasteiger partial charge in [0.1, 0.15) is 5.60 Å². The van der Waals surface area contributed by atoms with Gasteiger partial charge in [-0.3, -0.25) is 4.90 Å². The molecule has 0 radical (unpaired) electrons. The Balaban J connectivity index is 2.19. The second-order valence-electron chi connectivity index (χ2n) is 6.59. The summed E-state index contributed by atoms with van der Waals surface area (Å²) in [5, 5.41) is 0. The molecule has 0 spiro atoms. The summed E-state index contributed by atoms with van der Waals surface area (Å²) in [6.45, 7) is 9.88. The van der Waals surface area contributed by atoms with Gasteiger partial charge in [0.2, 0.25) is 0 Å². The molecule has 0 fully saturated rings. The van der Waals surface area contributed by atoms with Gasteiger partial charge in [-0.05, 0) is 45.1 Å². The minimum atomic E-state index is -0.472. The van der Waals surface area contributed by atoms with E-state index in [1.807, 2.05) is 20.8 Å². The van der Waals surface area contributed by atoms with Gasteiger partial charge in [0.15, 0.2) is 0 Å². The summed E-state index contributed by atoms with van der Waals surface area (Å²) >= 11 is 0. The number of hydrogen-bond donors (Lipinski definition) is 0. The SMILES string of the molecule is C[C@H]1CC=C(C2=CCCOC2)N(C(=O)OC(C)(C)C)C1. The minimum absolute atomic E-state index is 0.262. The van der Waals surface area contributed by atoms with Gasteiger partial charge in [-0.2, -0.15) is 0 Å². The van der Waals surface area contributed by atoms with E-state index in [0.717, 1.165) is 30.7 Å². The summed E-state index contributed by atoms with van der Waals surface area (Å²) in [7, 11) is 0. The van der Waals surface area contributed by atoms with Crippen LogP contribution in [0, 0.1) is 5.92 Å². The molecule has 0 bridgehead atoms. The Morgan fingerprint density at radius 2 is 2.15 bits per heavy atom. The van der Waals surface area contributed by atoms with Gasteiger partial charge in [-0.1, -0.05) is 19.1 Å². The molecule has 0 aromatic heterocycles. The van der Waals surface area contributed by atoms with Crippen LogP contribution in [0.15, 0.2) is 23.4 Å². The lowest BCUT2D eigenvalue weighted by atomic mass is 9.98. The second-order valence-corrected chi connectivity index (χ2v) is 6.59. The van der Waals surface area contributed by atoms with E-state index in [0.29, 0.717) is 19.1 Å². The number of rotatable bonds is 1. The highest BCUT2D eigenvalue weighted by molar-refractivity contribution is 5.72. The molecule has 2 aliphatic rings. The minimum Gasteiger partial charge on any atom is -0.443 e. The maximum Gasteiger partial charge on any atom is 0.414 e. The van der Waals surface area contributed by atoms with E-state index in [1.165, 1.54) is 0 Å². The highest BCUT2D eigenvalue weighted by Crippen LogP contribution is 2.28. The van der Waals surface area contributed by atoms with E-state index in [1.54, 1.807) is 4.90 Å². The van der Waals surface area contributed by atoms with Crippen LogP contribution in [-0.4, -0.2) is 36.4 Å². The Labute approximate surface area is 121 Å². The first-order valence-corrected chi connectivity index (χ1v) is 7.34. The third-order valence-electron chi connectivity index (χ3n) is 3.35. The lowest BCUT2D eigenvalue weighted by molar-refractivity contribution is 0.0278. The third-order valence-corrected chi connectivity index (χ3v) is 3.35. The van der Waals surface area contributed by atoms with Crippen LogP contribution in [-0.2, 0) is 9.47 Å². The van der Waals surface area contributed by atoms with Crippen molar-refractivity contribution >= 4 is 6.09 Å². The summed E-state index contributed by atoms with van der Waals surface area (Å²) in [6.07, 6.45) is 5.94. The average Bonchev–Trinajstić information content (AvgIpc) is 2.37. The van der Waals surface area contributed by atoms with Crippen LogP contribution in [0.3, 0.4) is 0 Å². The Bertz CT molecular complexity index is 431. The number of carbonyl (C=O) groups excluding carboxylic acids is 1. The quantitative estimate of drug-likeness (QED) is 0.737. The van der Waals surface area contributed by atoms with Crippen molar-refractivity contribution in [3.05, 3.63) is 23.4 Å². The van der Waals surface area contributed by atoms with Crippen molar-refractivity contribution < 1.29 is 14.3 Å². The van der Waals surface area contributed by atoms with Crippen molar-refractivity contribution in [2.45, 2.75) is 46.1 Å². The fraction of sp³-hybridized carbons (Fsp3) is 0.688. The van der Waals surface area contributed by atoms with Crippen molar-refractivity contribution in [3.63, 3.8) is 0 Å². The van der Waals surface area contributed by atoms with Crippen LogP contribution in [0.5, 0.6) is 0 Å². The lowest BCUT2D eigenvalue weighted by Crippen LogP contribution is -2.41. The van der Waals surface area contributed by atoms with Gasteiger partial charge in [-0.15, -0.1) is 0 Å². The molecule has 1 amide bonds. The second kappa shape index (κ2) is 6.00. The molecule has 0 N–H and O–H groups in total. The maximum atomic E-state index is 12.4. The van der Waals surface area contributed by atoms with Crippen molar-refractivity contribution in [2.24, 2.45) is 5.92 Å². The first-order chi connectivity index (χ1) is 9.37. The van der Waals surface area contributed by atoms with E-state index in [2.05, 4.69) is 19.1 Å². The lowest BCUT2D eigenvalue weighted by Gasteiger charge is -2.35. The first kappa shape index (κ1) is 15.1. The smallest absolute Gasteiger partial charge is 0.414 e. The number of carbonyl (C=O) groups is 1. The van der Waals surface area contributed by atoms with Gasteiger partial charge in [-0.25, -0.2) is 4.79 Å². The Hall–Kier alpha value is -1.29. The molecular formula is C16H25NO3. The molecule has 0 aromatic carbocycles. The molecular weight excluding hydrogens is 254 g/mol. The van der Waals surface area contributed by atoms with Crippen molar-refractivity contribution in [1.82, 2.24) is 4.90 Å². The standard InChI is InChI=1S/C16H25NO3/c1-12-7-8-14(13-6-5-9-19-11-13)17(10-12)15(18)20-16(2,3)4/h6,8,12H,5,7,9-11H2,1-4H3/t12-/m0/s1. The monoisotopic (exact) mass is 279 g/mol. The third kappa shape index (κ3) is 3.85. The molecule has 4 nitrogen and oxygen atoms in total. The zero-order valence-corrected chi connectivity index (χ0v) is 12.9. The van der Waals surface area contributed by atoms with Crippen LogP contribution in [0.25, 0.3) is 0 Å². The van der Waals surface area contributed by atoms with Gasteiger partial charge in [0.25, 0.3) is 0 Å². The molecule has 0 saturated heterocycles.